The summed E-state index contributed by atoms with van der Waals surface area (Å²) in [6.07, 6.45) is 3.15. The van der Waals surface area contributed by atoms with E-state index in [4.69, 9.17) is 0 Å². The van der Waals surface area contributed by atoms with Gasteiger partial charge >= 0.3 is 0 Å². The predicted octanol–water partition coefficient (Wildman–Crippen LogP) is 3.66. The molecule has 130 valence electrons. The molecule has 0 bridgehead atoms. The highest BCUT2D eigenvalue weighted by Gasteiger charge is 2.11. The topological polar surface area (TPSA) is 63.8 Å². The minimum atomic E-state index is -0.425. The first-order valence-electron chi connectivity index (χ1n) is 8.33. The van der Waals surface area contributed by atoms with Crippen LogP contribution in [-0.2, 0) is 19.9 Å². The Balaban J connectivity index is 1.57. The Morgan fingerprint density at radius 3 is 2.62 bits per heavy atom. The van der Waals surface area contributed by atoms with Gasteiger partial charge in [0.05, 0.1) is 16.6 Å². The summed E-state index contributed by atoms with van der Waals surface area (Å²) >= 11 is 0. The smallest absolute Gasteiger partial charge is 0.222 e. The summed E-state index contributed by atoms with van der Waals surface area (Å²) in [4.78, 5) is 13.2. The highest BCUT2D eigenvalue weighted by Crippen LogP contribution is 2.23. The third-order valence-electron chi connectivity index (χ3n) is 4.30. The van der Waals surface area contributed by atoms with Crippen molar-refractivity contribution in [1.82, 2.24) is 19.5 Å². The molecule has 0 spiro atoms. The van der Waals surface area contributed by atoms with Crippen LogP contribution in [0.3, 0.4) is 0 Å². The van der Waals surface area contributed by atoms with Crippen molar-refractivity contribution in [1.29, 1.82) is 0 Å². The van der Waals surface area contributed by atoms with Crippen LogP contribution in [0.2, 0.25) is 0 Å². The normalized spacial score (nSPS) is 11.2. The maximum absolute atomic E-state index is 13.3. The van der Waals surface area contributed by atoms with Crippen LogP contribution >= 0.6 is 0 Å². The molecule has 0 amide bonds. The van der Waals surface area contributed by atoms with Gasteiger partial charge in [-0.2, -0.15) is 4.98 Å². The van der Waals surface area contributed by atoms with Crippen molar-refractivity contribution in [2.24, 2.45) is 7.05 Å². The van der Waals surface area contributed by atoms with E-state index >= 15 is 0 Å². The standard InChI is InChI=1S/C20H17FN4O/c1-25-12-17(13-5-3-2-4-6-13)23-19(25)10-9-18-22-16-8-7-14(21)11-15(16)20(26)24-18/h2-8,11-12H,9-10H2,1H3,(H,22,24,26). The van der Waals surface area contributed by atoms with Crippen LogP contribution < -0.4 is 0 Å². The van der Waals surface area contributed by atoms with Gasteiger partial charge in [0, 0.05) is 31.6 Å². The van der Waals surface area contributed by atoms with Gasteiger partial charge < -0.3 is 9.67 Å². The average molecular weight is 348 g/mol. The lowest BCUT2D eigenvalue weighted by atomic mass is 10.2. The van der Waals surface area contributed by atoms with Crippen molar-refractivity contribution in [2.45, 2.75) is 12.8 Å². The summed E-state index contributed by atoms with van der Waals surface area (Å²) < 4.78 is 15.3. The second kappa shape index (κ2) is 6.55. The Morgan fingerprint density at radius 2 is 1.81 bits per heavy atom. The molecule has 0 saturated heterocycles. The number of nitrogens with zero attached hydrogens (tertiary/aromatic N) is 4. The minimum absolute atomic E-state index is 0.200. The number of aryl methyl sites for hydroxylation is 3. The van der Waals surface area contributed by atoms with Crippen molar-refractivity contribution in [3.05, 3.63) is 72.2 Å². The van der Waals surface area contributed by atoms with Crippen LogP contribution in [0.4, 0.5) is 4.39 Å². The monoisotopic (exact) mass is 348 g/mol. The molecule has 0 unspecified atom stereocenters. The lowest BCUT2D eigenvalue weighted by Gasteiger charge is -2.05. The quantitative estimate of drug-likeness (QED) is 0.611. The molecule has 4 aromatic rings. The Morgan fingerprint density at radius 1 is 1.00 bits per heavy atom. The molecular formula is C20H17FN4O. The van der Waals surface area contributed by atoms with Crippen molar-refractivity contribution in [2.75, 3.05) is 0 Å². The number of benzene rings is 2. The second-order valence-corrected chi connectivity index (χ2v) is 6.14. The van der Waals surface area contributed by atoms with Gasteiger partial charge in [0.15, 0.2) is 0 Å². The lowest BCUT2D eigenvalue weighted by Crippen LogP contribution is -2.03. The van der Waals surface area contributed by atoms with Crippen molar-refractivity contribution in [3.63, 3.8) is 0 Å². The van der Waals surface area contributed by atoms with Gasteiger partial charge in [-0.1, -0.05) is 30.3 Å². The van der Waals surface area contributed by atoms with E-state index in [1.807, 2.05) is 48.1 Å². The maximum atomic E-state index is 13.3. The fourth-order valence-electron chi connectivity index (χ4n) is 2.95. The molecular weight excluding hydrogens is 331 g/mol. The number of rotatable bonds is 4. The first-order valence-corrected chi connectivity index (χ1v) is 8.33. The van der Waals surface area contributed by atoms with E-state index in [1.54, 1.807) is 6.07 Å². The molecule has 1 N–H and O–H groups in total. The highest BCUT2D eigenvalue weighted by molar-refractivity contribution is 5.83. The zero-order valence-corrected chi connectivity index (χ0v) is 14.2. The molecule has 0 fully saturated rings. The number of hydrogen-bond acceptors (Lipinski definition) is 4. The van der Waals surface area contributed by atoms with E-state index in [2.05, 4.69) is 15.0 Å². The fourth-order valence-corrected chi connectivity index (χ4v) is 2.95. The van der Waals surface area contributed by atoms with Gasteiger partial charge in [-0.15, -0.1) is 0 Å². The first kappa shape index (κ1) is 16.2. The van der Waals surface area contributed by atoms with Crippen LogP contribution in [-0.4, -0.2) is 24.6 Å². The van der Waals surface area contributed by atoms with Crippen molar-refractivity contribution in [3.8, 4) is 17.1 Å². The number of aromatic nitrogens is 4. The Kier molecular flexibility index (Phi) is 4.08. The zero-order valence-electron chi connectivity index (χ0n) is 14.2. The summed E-state index contributed by atoms with van der Waals surface area (Å²) in [7, 11) is 1.95. The third kappa shape index (κ3) is 3.13. The van der Waals surface area contributed by atoms with Crippen LogP contribution in [0, 0.1) is 5.82 Å². The molecule has 2 heterocycles. The van der Waals surface area contributed by atoms with Gasteiger partial charge in [-0.25, -0.2) is 14.4 Å². The molecule has 5 nitrogen and oxygen atoms in total. The summed E-state index contributed by atoms with van der Waals surface area (Å²) in [5, 5.41) is 10.4. The van der Waals surface area contributed by atoms with Gasteiger partial charge in [0.2, 0.25) is 5.88 Å². The highest BCUT2D eigenvalue weighted by atomic mass is 19.1. The summed E-state index contributed by atoms with van der Waals surface area (Å²) in [6, 6.07) is 14.1. The number of imidazole rings is 1. The first-order chi connectivity index (χ1) is 12.6. The van der Waals surface area contributed by atoms with Gasteiger partial charge in [-0.3, -0.25) is 0 Å². The maximum Gasteiger partial charge on any atom is 0.222 e. The second-order valence-electron chi connectivity index (χ2n) is 6.14. The van der Waals surface area contributed by atoms with E-state index in [1.165, 1.54) is 12.1 Å². The van der Waals surface area contributed by atoms with E-state index < -0.39 is 5.82 Å². The summed E-state index contributed by atoms with van der Waals surface area (Å²) in [5.41, 5.74) is 2.51. The molecule has 2 aromatic heterocycles. The van der Waals surface area contributed by atoms with Crippen LogP contribution in [0.1, 0.15) is 11.6 Å². The van der Waals surface area contributed by atoms with Crippen molar-refractivity contribution >= 4 is 10.9 Å². The number of hydrogen-bond donors (Lipinski definition) is 1. The molecule has 26 heavy (non-hydrogen) atoms. The van der Waals surface area contributed by atoms with Gasteiger partial charge in [0.1, 0.15) is 17.5 Å². The number of halogens is 1. The van der Waals surface area contributed by atoms with E-state index in [-0.39, 0.29) is 5.88 Å². The molecule has 2 aromatic carbocycles. The van der Waals surface area contributed by atoms with E-state index in [0.29, 0.717) is 29.6 Å². The molecule has 0 saturated carbocycles. The largest absolute Gasteiger partial charge is 0.493 e. The van der Waals surface area contributed by atoms with Crippen LogP contribution in [0.15, 0.2) is 54.7 Å². The third-order valence-corrected chi connectivity index (χ3v) is 4.30. The average Bonchev–Trinajstić information content (AvgIpc) is 3.02. The Bertz CT molecular complexity index is 1080. The number of fused-ring (bicyclic) bond motifs is 1. The molecule has 6 heteroatoms. The Labute approximate surface area is 149 Å². The molecule has 0 atom stereocenters. The molecule has 0 aliphatic rings. The fraction of sp³-hybridized carbons (Fsp3) is 0.150. The predicted molar refractivity (Wildman–Crippen MR) is 97.2 cm³/mol. The Hall–Kier alpha value is -3.28. The van der Waals surface area contributed by atoms with Crippen LogP contribution in [0.5, 0.6) is 5.88 Å². The lowest BCUT2D eigenvalue weighted by molar-refractivity contribution is 0.455. The summed E-state index contributed by atoms with van der Waals surface area (Å²) in [6.45, 7) is 0. The SMILES string of the molecule is Cn1cc(-c2ccccc2)nc1CCc1nc(O)c2cc(F)ccc2n1. The van der Waals surface area contributed by atoms with E-state index in [9.17, 15) is 9.50 Å². The molecule has 0 aliphatic carbocycles. The van der Waals surface area contributed by atoms with Gasteiger partial charge in [0.25, 0.3) is 0 Å². The summed E-state index contributed by atoms with van der Waals surface area (Å²) in [5.74, 6) is 0.789. The minimum Gasteiger partial charge on any atom is -0.493 e. The zero-order chi connectivity index (χ0) is 18.1. The molecule has 0 aliphatic heterocycles. The van der Waals surface area contributed by atoms with E-state index in [0.717, 1.165) is 17.1 Å². The van der Waals surface area contributed by atoms with Crippen molar-refractivity contribution < 1.29 is 9.50 Å². The van der Waals surface area contributed by atoms with Crippen LogP contribution in [0.25, 0.3) is 22.2 Å². The molecule has 0 radical (unpaired) electrons. The molecule has 4 rings (SSSR count). The van der Waals surface area contributed by atoms with Gasteiger partial charge in [-0.05, 0) is 18.2 Å². The number of aromatic hydroxyl groups is 1.